The first-order chi connectivity index (χ1) is 11.8. The fraction of sp³-hybridized carbons (Fsp3) is 0.263. The summed E-state index contributed by atoms with van der Waals surface area (Å²) in [7, 11) is 1.80. The highest BCUT2D eigenvalue weighted by Gasteiger charge is 2.07. The standard InChI is InChI=1S/C19H22N4S/c1-14(16-8-10-24-13-16)11-22-19(20-2)23-12-15-7-9-21-18-6-4-3-5-17(15)18/h3-10,13-14H,11-12H2,1-2H3,(H2,20,22,23). The van der Waals surface area contributed by atoms with Crippen LogP contribution in [0.15, 0.2) is 58.3 Å². The Balaban J connectivity index is 1.60. The summed E-state index contributed by atoms with van der Waals surface area (Å²) in [6.45, 7) is 3.79. The van der Waals surface area contributed by atoms with E-state index in [1.807, 2.05) is 24.4 Å². The van der Waals surface area contributed by atoms with E-state index in [9.17, 15) is 0 Å². The number of guanidine groups is 1. The average Bonchev–Trinajstić information content (AvgIpc) is 3.16. The average molecular weight is 338 g/mol. The lowest BCUT2D eigenvalue weighted by molar-refractivity contribution is 0.701. The van der Waals surface area contributed by atoms with E-state index in [1.165, 1.54) is 16.5 Å². The number of fused-ring (bicyclic) bond motifs is 1. The van der Waals surface area contributed by atoms with Crippen LogP contribution in [0.5, 0.6) is 0 Å². The minimum absolute atomic E-state index is 0.455. The van der Waals surface area contributed by atoms with Crippen LogP contribution < -0.4 is 10.6 Å². The molecule has 0 radical (unpaired) electrons. The summed E-state index contributed by atoms with van der Waals surface area (Å²) in [5, 5.41) is 12.3. The third kappa shape index (κ3) is 3.92. The Morgan fingerprint density at radius 2 is 2.08 bits per heavy atom. The van der Waals surface area contributed by atoms with Crippen molar-refractivity contribution in [2.24, 2.45) is 4.99 Å². The lowest BCUT2D eigenvalue weighted by Gasteiger charge is -2.16. The van der Waals surface area contributed by atoms with Gasteiger partial charge in [-0.15, -0.1) is 0 Å². The maximum absolute atomic E-state index is 4.40. The van der Waals surface area contributed by atoms with E-state index in [2.05, 4.69) is 56.5 Å². The fourth-order valence-electron chi connectivity index (χ4n) is 2.63. The van der Waals surface area contributed by atoms with Crippen molar-refractivity contribution in [1.82, 2.24) is 15.6 Å². The molecule has 0 saturated heterocycles. The minimum Gasteiger partial charge on any atom is -0.356 e. The van der Waals surface area contributed by atoms with Crippen LogP contribution >= 0.6 is 11.3 Å². The van der Waals surface area contributed by atoms with Crippen LogP contribution in [0.4, 0.5) is 0 Å². The normalized spacial score (nSPS) is 13.0. The van der Waals surface area contributed by atoms with Gasteiger partial charge >= 0.3 is 0 Å². The summed E-state index contributed by atoms with van der Waals surface area (Å²) in [6, 6.07) is 12.4. The number of rotatable bonds is 5. The van der Waals surface area contributed by atoms with Crippen molar-refractivity contribution >= 4 is 28.2 Å². The van der Waals surface area contributed by atoms with Gasteiger partial charge in [-0.2, -0.15) is 11.3 Å². The van der Waals surface area contributed by atoms with Gasteiger partial charge in [-0.05, 0) is 46.0 Å². The zero-order valence-electron chi connectivity index (χ0n) is 14.0. The molecule has 0 bridgehead atoms. The van der Waals surface area contributed by atoms with E-state index in [0.717, 1.165) is 24.6 Å². The van der Waals surface area contributed by atoms with Crippen LogP contribution in [-0.2, 0) is 6.54 Å². The second kappa shape index (κ2) is 7.93. The van der Waals surface area contributed by atoms with Gasteiger partial charge in [0.25, 0.3) is 0 Å². The molecule has 0 saturated carbocycles. The summed E-state index contributed by atoms with van der Waals surface area (Å²) in [5.74, 6) is 1.27. The summed E-state index contributed by atoms with van der Waals surface area (Å²) in [6.07, 6.45) is 1.86. The summed E-state index contributed by atoms with van der Waals surface area (Å²) in [4.78, 5) is 8.72. The Morgan fingerprint density at radius 3 is 2.88 bits per heavy atom. The van der Waals surface area contributed by atoms with Crippen molar-refractivity contribution < 1.29 is 0 Å². The number of aliphatic imine (C=N–C) groups is 1. The number of nitrogens with one attached hydrogen (secondary N) is 2. The van der Waals surface area contributed by atoms with E-state index in [1.54, 1.807) is 18.4 Å². The highest BCUT2D eigenvalue weighted by molar-refractivity contribution is 7.07. The number of thiophene rings is 1. The van der Waals surface area contributed by atoms with Gasteiger partial charge in [0.05, 0.1) is 5.52 Å². The van der Waals surface area contributed by atoms with Gasteiger partial charge in [0.1, 0.15) is 0 Å². The molecule has 0 fully saturated rings. The number of nitrogens with zero attached hydrogens (tertiary/aromatic N) is 2. The molecular weight excluding hydrogens is 316 g/mol. The van der Waals surface area contributed by atoms with Crippen LogP contribution in [0.25, 0.3) is 10.9 Å². The number of aromatic nitrogens is 1. The largest absolute Gasteiger partial charge is 0.356 e. The number of benzene rings is 1. The molecule has 0 aliphatic heterocycles. The molecule has 2 N–H and O–H groups in total. The van der Waals surface area contributed by atoms with E-state index in [0.29, 0.717) is 5.92 Å². The van der Waals surface area contributed by atoms with Gasteiger partial charge in [-0.3, -0.25) is 9.98 Å². The predicted molar refractivity (Wildman–Crippen MR) is 103 cm³/mol. The van der Waals surface area contributed by atoms with Gasteiger partial charge in [-0.1, -0.05) is 25.1 Å². The molecule has 1 unspecified atom stereocenters. The lowest BCUT2D eigenvalue weighted by atomic mass is 10.1. The van der Waals surface area contributed by atoms with E-state index in [-0.39, 0.29) is 0 Å². The van der Waals surface area contributed by atoms with E-state index < -0.39 is 0 Å². The topological polar surface area (TPSA) is 49.3 Å². The Bertz CT molecular complexity index is 806. The highest BCUT2D eigenvalue weighted by atomic mass is 32.1. The molecule has 0 aliphatic carbocycles. The van der Waals surface area contributed by atoms with Crippen molar-refractivity contribution in [3.8, 4) is 0 Å². The lowest BCUT2D eigenvalue weighted by Crippen LogP contribution is -2.38. The third-order valence-electron chi connectivity index (χ3n) is 4.10. The van der Waals surface area contributed by atoms with Crippen LogP contribution in [0.2, 0.25) is 0 Å². The predicted octanol–water partition coefficient (Wildman–Crippen LogP) is 3.77. The van der Waals surface area contributed by atoms with Crippen molar-refractivity contribution in [3.05, 3.63) is 64.5 Å². The van der Waals surface area contributed by atoms with Crippen molar-refractivity contribution in [1.29, 1.82) is 0 Å². The Labute approximate surface area is 146 Å². The van der Waals surface area contributed by atoms with Gasteiger partial charge < -0.3 is 10.6 Å². The zero-order valence-corrected chi connectivity index (χ0v) is 14.8. The molecule has 3 aromatic rings. The highest BCUT2D eigenvalue weighted by Crippen LogP contribution is 2.17. The minimum atomic E-state index is 0.455. The van der Waals surface area contributed by atoms with Gasteiger partial charge in [0, 0.05) is 31.7 Å². The quantitative estimate of drug-likeness (QED) is 0.550. The number of hydrogen-bond donors (Lipinski definition) is 2. The number of para-hydroxylation sites is 1. The Hall–Kier alpha value is -2.40. The Morgan fingerprint density at radius 1 is 1.21 bits per heavy atom. The second-order valence-electron chi connectivity index (χ2n) is 5.75. The zero-order chi connectivity index (χ0) is 16.8. The maximum atomic E-state index is 4.40. The first-order valence-electron chi connectivity index (χ1n) is 8.07. The molecule has 2 aromatic heterocycles. The van der Waals surface area contributed by atoms with E-state index >= 15 is 0 Å². The summed E-state index contributed by atoms with van der Waals surface area (Å²) < 4.78 is 0. The molecule has 124 valence electrons. The molecule has 4 nitrogen and oxygen atoms in total. The molecule has 1 atom stereocenters. The maximum Gasteiger partial charge on any atom is 0.191 e. The van der Waals surface area contributed by atoms with Crippen molar-refractivity contribution in [3.63, 3.8) is 0 Å². The summed E-state index contributed by atoms with van der Waals surface area (Å²) in [5.41, 5.74) is 3.60. The van der Waals surface area contributed by atoms with Crippen molar-refractivity contribution in [2.45, 2.75) is 19.4 Å². The van der Waals surface area contributed by atoms with E-state index in [4.69, 9.17) is 0 Å². The van der Waals surface area contributed by atoms with Crippen LogP contribution in [-0.4, -0.2) is 24.5 Å². The van der Waals surface area contributed by atoms with Gasteiger partial charge in [0.15, 0.2) is 5.96 Å². The summed E-state index contributed by atoms with van der Waals surface area (Å²) >= 11 is 1.74. The second-order valence-corrected chi connectivity index (χ2v) is 6.53. The number of hydrogen-bond acceptors (Lipinski definition) is 3. The Kier molecular flexibility index (Phi) is 5.43. The monoisotopic (exact) mass is 338 g/mol. The molecule has 1 aromatic carbocycles. The molecule has 0 amide bonds. The smallest absolute Gasteiger partial charge is 0.191 e. The fourth-order valence-corrected chi connectivity index (χ4v) is 3.41. The molecule has 24 heavy (non-hydrogen) atoms. The third-order valence-corrected chi connectivity index (χ3v) is 4.80. The van der Waals surface area contributed by atoms with Crippen LogP contribution in [0.1, 0.15) is 24.0 Å². The first kappa shape index (κ1) is 16.5. The molecule has 3 rings (SSSR count). The molecular formula is C19H22N4S. The molecule has 2 heterocycles. The van der Waals surface area contributed by atoms with Crippen LogP contribution in [0.3, 0.4) is 0 Å². The SMILES string of the molecule is CN=C(NCc1ccnc2ccccc12)NCC(C)c1ccsc1. The van der Waals surface area contributed by atoms with Crippen LogP contribution in [0, 0.1) is 0 Å². The molecule has 0 aliphatic rings. The van der Waals surface area contributed by atoms with Gasteiger partial charge in [-0.25, -0.2) is 0 Å². The van der Waals surface area contributed by atoms with Crippen molar-refractivity contribution in [2.75, 3.05) is 13.6 Å². The molecule has 5 heteroatoms. The van der Waals surface area contributed by atoms with Gasteiger partial charge in [0.2, 0.25) is 0 Å². The number of pyridine rings is 1. The molecule has 0 spiro atoms. The first-order valence-corrected chi connectivity index (χ1v) is 9.01.